The van der Waals surface area contributed by atoms with Crippen molar-refractivity contribution in [2.45, 2.75) is 6.61 Å². The fourth-order valence-corrected chi connectivity index (χ4v) is 1.85. The van der Waals surface area contributed by atoms with Crippen molar-refractivity contribution in [3.8, 4) is 11.5 Å². The van der Waals surface area contributed by atoms with E-state index in [0.717, 1.165) is 5.56 Å². The van der Waals surface area contributed by atoms with E-state index in [1.54, 1.807) is 0 Å². The second kappa shape index (κ2) is 6.51. The molecule has 0 aliphatic heterocycles. The third-order valence-electron chi connectivity index (χ3n) is 2.86. The number of methoxy groups -OCH3 is 1. The Morgan fingerprint density at radius 1 is 1.19 bits per heavy atom. The van der Waals surface area contributed by atoms with Gasteiger partial charge in [-0.2, -0.15) is 0 Å². The number of nitroso groups, excluding NO2 is 1. The van der Waals surface area contributed by atoms with Gasteiger partial charge in [0.2, 0.25) is 0 Å². The Bertz CT molecular complexity index is 655. The van der Waals surface area contributed by atoms with Crippen LogP contribution >= 0.6 is 0 Å². The zero-order valence-electron chi connectivity index (χ0n) is 11.3. The minimum absolute atomic E-state index is 0.0243. The maximum Gasteiger partial charge on any atom is 0.338 e. The van der Waals surface area contributed by atoms with Gasteiger partial charge in [-0.15, -0.1) is 4.91 Å². The van der Waals surface area contributed by atoms with Gasteiger partial charge in [0.1, 0.15) is 6.61 Å². The lowest BCUT2D eigenvalue weighted by Crippen LogP contribution is -2.02. The van der Waals surface area contributed by atoms with Crippen molar-refractivity contribution in [2.24, 2.45) is 5.18 Å². The molecule has 2 aromatic carbocycles. The second-order valence-electron chi connectivity index (χ2n) is 4.16. The third-order valence-corrected chi connectivity index (χ3v) is 2.86. The maximum absolute atomic E-state index is 11.1. The van der Waals surface area contributed by atoms with Crippen LogP contribution in [0.2, 0.25) is 0 Å². The van der Waals surface area contributed by atoms with E-state index in [-0.39, 0.29) is 29.4 Å². The topological polar surface area (TPSA) is 85.2 Å². The fraction of sp³-hybridized carbons (Fsp3) is 0.133. The van der Waals surface area contributed by atoms with Crippen molar-refractivity contribution < 1.29 is 19.4 Å². The molecule has 0 aliphatic rings. The number of hydrogen-bond donors (Lipinski definition) is 1. The van der Waals surface area contributed by atoms with Gasteiger partial charge in [-0.05, 0) is 22.9 Å². The number of benzene rings is 2. The van der Waals surface area contributed by atoms with Crippen molar-refractivity contribution in [3.63, 3.8) is 0 Å². The molecule has 0 aliphatic carbocycles. The molecule has 0 unspecified atom stereocenters. The van der Waals surface area contributed by atoms with Crippen molar-refractivity contribution in [3.05, 3.63) is 58.5 Å². The number of carboxylic acid groups (broad SMARTS) is 1. The van der Waals surface area contributed by atoms with E-state index < -0.39 is 5.97 Å². The molecule has 0 saturated heterocycles. The van der Waals surface area contributed by atoms with E-state index in [2.05, 4.69) is 5.18 Å². The quantitative estimate of drug-likeness (QED) is 0.823. The van der Waals surface area contributed by atoms with Crippen LogP contribution in [0.5, 0.6) is 11.5 Å². The molecule has 1 N–H and O–H groups in total. The highest BCUT2D eigenvalue weighted by atomic mass is 16.5. The molecule has 0 amide bonds. The van der Waals surface area contributed by atoms with Crippen LogP contribution in [0.1, 0.15) is 15.9 Å². The number of nitrogens with zero attached hydrogens (tertiary/aromatic N) is 1. The Kier molecular flexibility index (Phi) is 4.50. The Morgan fingerprint density at radius 2 is 1.90 bits per heavy atom. The van der Waals surface area contributed by atoms with Gasteiger partial charge in [0, 0.05) is 0 Å². The van der Waals surface area contributed by atoms with Gasteiger partial charge in [0.05, 0.1) is 12.7 Å². The average molecular weight is 287 g/mol. The molecule has 0 fully saturated rings. The average Bonchev–Trinajstić information content (AvgIpc) is 2.52. The highest BCUT2D eigenvalue weighted by Crippen LogP contribution is 2.40. The van der Waals surface area contributed by atoms with E-state index in [1.165, 1.54) is 19.2 Å². The highest BCUT2D eigenvalue weighted by molar-refractivity contribution is 5.95. The first-order chi connectivity index (χ1) is 10.2. The van der Waals surface area contributed by atoms with Crippen molar-refractivity contribution in [1.82, 2.24) is 0 Å². The van der Waals surface area contributed by atoms with Crippen LogP contribution in [-0.4, -0.2) is 18.2 Å². The molecule has 0 aromatic heterocycles. The maximum atomic E-state index is 11.1. The standard InChI is InChI=1S/C15H13NO5/c1-20-12-8-7-11(15(17)18)13(16-19)14(12)21-9-10-5-3-2-4-6-10/h2-8H,9H2,1H3,(H,17,18). The molecule has 21 heavy (non-hydrogen) atoms. The van der Waals surface area contributed by atoms with E-state index >= 15 is 0 Å². The van der Waals surface area contributed by atoms with Crippen LogP contribution in [0.25, 0.3) is 0 Å². The Hall–Kier alpha value is -2.89. The summed E-state index contributed by atoms with van der Waals surface area (Å²) in [4.78, 5) is 22.1. The molecule has 0 spiro atoms. The molecule has 0 heterocycles. The predicted octanol–water partition coefficient (Wildman–Crippen LogP) is 3.37. The van der Waals surface area contributed by atoms with Crippen molar-refractivity contribution in [1.29, 1.82) is 0 Å². The van der Waals surface area contributed by atoms with Crippen LogP contribution in [0.3, 0.4) is 0 Å². The summed E-state index contributed by atoms with van der Waals surface area (Å²) in [7, 11) is 1.40. The molecule has 0 bridgehead atoms. The monoisotopic (exact) mass is 287 g/mol. The summed E-state index contributed by atoms with van der Waals surface area (Å²) in [5, 5.41) is 11.9. The van der Waals surface area contributed by atoms with E-state index in [4.69, 9.17) is 14.6 Å². The Balaban J connectivity index is 2.38. The first kappa shape index (κ1) is 14.5. The first-order valence-corrected chi connectivity index (χ1v) is 6.11. The fourth-order valence-electron chi connectivity index (χ4n) is 1.85. The molecule has 2 aromatic rings. The van der Waals surface area contributed by atoms with E-state index in [0.29, 0.717) is 0 Å². The van der Waals surface area contributed by atoms with E-state index in [9.17, 15) is 9.70 Å². The van der Waals surface area contributed by atoms with Crippen LogP contribution in [0.15, 0.2) is 47.6 Å². The Morgan fingerprint density at radius 3 is 2.48 bits per heavy atom. The minimum Gasteiger partial charge on any atom is -0.493 e. The van der Waals surface area contributed by atoms with Crippen LogP contribution < -0.4 is 9.47 Å². The SMILES string of the molecule is COc1ccc(C(=O)O)c(N=O)c1OCc1ccccc1. The van der Waals surface area contributed by atoms with Gasteiger partial charge in [-0.1, -0.05) is 30.3 Å². The number of aromatic carboxylic acids is 1. The lowest BCUT2D eigenvalue weighted by atomic mass is 10.1. The molecule has 0 atom stereocenters. The molecule has 108 valence electrons. The van der Waals surface area contributed by atoms with Gasteiger partial charge < -0.3 is 14.6 Å². The summed E-state index contributed by atoms with van der Waals surface area (Å²) in [5.74, 6) is -0.974. The first-order valence-electron chi connectivity index (χ1n) is 6.11. The van der Waals surface area contributed by atoms with Crippen molar-refractivity contribution in [2.75, 3.05) is 7.11 Å². The molecule has 0 saturated carbocycles. The number of rotatable bonds is 6. The van der Waals surface area contributed by atoms with Gasteiger partial charge in [0.25, 0.3) is 0 Å². The summed E-state index contributed by atoms with van der Waals surface area (Å²) in [6.07, 6.45) is 0. The zero-order chi connectivity index (χ0) is 15.2. The van der Waals surface area contributed by atoms with Gasteiger partial charge in [0.15, 0.2) is 17.2 Å². The van der Waals surface area contributed by atoms with Crippen molar-refractivity contribution >= 4 is 11.7 Å². The number of carboxylic acids is 1. The van der Waals surface area contributed by atoms with Crippen LogP contribution in [-0.2, 0) is 6.61 Å². The molecule has 6 nitrogen and oxygen atoms in total. The normalized spacial score (nSPS) is 9.95. The summed E-state index contributed by atoms with van der Waals surface area (Å²) >= 11 is 0. The van der Waals surface area contributed by atoms with Gasteiger partial charge in [-0.3, -0.25) is 0 Å². The minimum atomic E-state index is -1.25. The number of ether oxygens (including phenoxy) is 2. The summed E-state index contributed by atoms with van der Waals surface area (Å²) in [6.45, 7) is 0.169. The lowest BCUT2D eigenvalue weighted by molar-refractivity contribution is 0.0697. The van der Waals surface area contributed by atoms with E-state index in [1.807, 2.05) is 30.3 Å². The van der Waals surface area contributed by atoms with Gasteiger partial charge in [-0.25, -0.2) is 4.79 Å². The molecular formula is C15H13NO5. The summed E-state index contributed by atoms with van der Waals surface area (Å²) < 4.78 is 10.6. The molecule has 2 rings (SSSR count). The predicted molar refractivity (Wildman–Crippen MR) is 76.2 cm³/mol. The molecular weight excluding hydrogens is 274 g/mol. The highest BCUT2D eigenvalue weighted by Gasteiger charge is 2.20. The van der Waals surface area contributed by atoms with Gasteiger partial charge >= 0.3 is 5.97 Å². The molecule has 0 radical (unpaired) electrons. The molecule has 6 heteroatoms. The lowest BCUT2D eigenvalue weighted by Gasteiger charge is -2.13. The summed E-state index contributed by atoms with van der Waals surface area (Å²) in [6, 6.07) is 12.0. The third kappa shape index (κ3) is 3.17. The second-order valence-corrected chi connectivity index (χ2v) is 4.16. The number of hydrogen-bond acceptors (Lipinski definition) is 5. The zero-order valence-corrected chi connectivity index (χ0v) is 11.3. The van der Waals surface area contributed by atoms with Crippen LogP contribution in [0.4, 0.5) is 5.69 Å². The Labute approximate surface area is 120 Å². The smallest absolute Gasteiger partial charge is 0.338 e. The summed E-state index contributed by atoms with van der Waals surface area (Å²) in [5.41, 5.74) is 0.365. The van der Waals surface area contributed by atoms with Crippen LogP contribution in [0, 0.1) is 4.91 Å². The largest absolute Gasteiger partial charge is 0.493 e. The number of carbonyl (C=O) groups is 1.